The van der Waals surface area contributed by atoms with Crippen LogP contribution in [0.4, 0.5) is 10.1 Å². The van der Waals surface area contributed by atoms with E-state index in [0.717, 1.165) is 5.56 Å². The van der Waals surface area contributed by atoms with E-state index in [0.29, 0.717) is 6.54 Å². The number of carbonyl (C=O) groups excluding carboxylic acids is 2. The minimum atomic E-state index is -0.544. The Kier molecular flexibility index (Phi) is 6.37. The molecule has 26 heavy (non-hydrogen) atoms. The molecule has 0 fully saturated rings. The molecule has 0 saturated heterocycles. The summed E-state index contributed by atoms with van der Waals surface area (Å²) in [5.74, 6) is -0.913. The van der Waals surface area contributed by atoms with Crippen LogP contribution in [0.25, 0.3) is 0 Å². The van der Waals surface area contributed by atoms with Gasteiger partial charge in [0.1, 0.15) is 5.82 Å². The fourth-order valence-electron chi connectivity index (χ4n) is 2.26. The smallest absolute Gasteiger partial charge is 0.269 e. The van der Waals surface area contributed by atoms with Crippen molar-refractivity contribution in [3.63, 3.8) is 0 Å². The van der Waals surface area contributed by atoms with Gasteiger partial charge in [0.25, 0.3) is 11.6 Å². The minimum Gasteiger partial charge on any atom is -0.352 e. The molecule has 136 valence electrons. The molecular formula is C18H18FN3O4. The molecule has 8 heteroatoms. The number of hydrogen-bond donors (Lipinski definition) is 1. The van der Waals surface area contributed by atoms with Crippen molar-refractivity contribution in [2.24, 2.45) is 0 Å². The second-order valence-corrected chi connectivity index (χ2v) is 5.69. The third kappa shape index (κ3) is 5.37. The summed E-state index contributed by atoms with van der Waals surface area (Å²) in [6, 6.07) is 11.1. The molecule has 0 bridgehead atoms. The third-order valence-electron chi connectivity index (χ3n) is 3.72. The molecule has 0 aliphatic rings. The van der Waals surface area contributed by atoms with Crippen molar-refractivity contribution in [2.75, 3.05) is 13.6 Å². The first-order valence-corrected chi connectivity index (χ1v) is 7.88. The number of amides is 2. The molecule has 2 aromatic carbocycles. The molecule has 0 aliphatic carbocycles. The molecule has 0 aliphatic heterocycles. The van der Waals surface area contributed by atoms with E-state index in [1.807, 2.05) is 0 Å². The predicted molar refractivity (Wildman–Crippen MR) is 92.9 cm³/mol. The maximum atomic E-state index is 12.9. The monoisotopic (exact) mass is 359 g/mol. The van der Waals surface area contributed by atoms with Gasteiger partial charge in [-0.2, -0.15) is 0 Å². The Bertz CT molecular complexity index is 791. The van der Waals surface area contributed by atoms with Crippen LogP contribution in [0.3, 0.4) is 0 Å². The Labute approximate surface area is 149 Å². The van der Waals surface area contributed by atoms with Gasteiger partial charge in [-0.15, -0.1) is 0 Å². The highest BCUT2D eigenvalue weighted by Gasteiger charge is 2.12. The fraction of sp³-hybridized carbons (Fsp3) is 0.222. The number of carbonyl (C=O) groups is 2. The van der Waals surface area contributed by atoms with Gasteiger partial charge in [-0.3, -0.25) is 19.7 Å². The lowest BCUT2D eigenvalue weighted by Gasteiger charge is -2.17. The molecule has 0 heterocycles. The zero-order valence-electron chi connectivity index (χ0n) is 14.1. The molecular weight excluding hydrogens is 341 g/mol. The van der Waals surface area contributed by atoms with Gasteiger partial charge in [0.05, 0.1) is 4.92 Å². The van der Waals surface area contributed by atoms with Crippen LogP contribution in [0.2, 0.25) is 0 Å². The van der Waals surface area contributed by atoms with E-state index in [-0.39, 0.29) is 35.9 Å². The van der Waals surface area contributed by atoms with Crippen molar-refractivity contribution in [3.05, 3.63) is 75.6 Å². The summed E-state index contributed by atoms with van der Waals surface area (Å²) in [6.07, 6.45) is 0.108. The molecule has 0 unspecified atom stereocenters. The molecule has 0 spiro atoms. The van der Waals surface area contributed by atoms with Gasteiger partial charge in [0, 0.05) is 44.3 Å². The number of halogens is 1. The van der Waals surface area contributed by atoms with Crippen molar-refractivity contribution in [3.8, 4) is 0 Å². The van der Waals surface area contributed by atoms with Gasteiger partial charge in [-0.1, -0.05) is 12.1 Å². The number of nitro benzene ring substituents is 1. The summed E-state index contributed by atoms with van der Waals surface area (Å²) in [6.45, 7) is 0.484. The average molecular weight is 359 g/mol. The molecule has 0 aromatic heterocycles. The lowest BCUT2D eigenvalue weighted by molar-refractivity contribution is -0.384. The lowest BCUT2D eigenvalue weighted by atomic mass is 10.2. The van der Waals surface area contributed by atoms with Crippen LogP contribution in [-0.2, 0) is 11.3 Å². The number of benzene rings is 2. The van der Waals surface area contributed by atoms with E-state index in [9.17, 15) is 24.1 Å². The van der Waals surface area contributed by atoms with Crippen molar-refractivity contribution >= 4 is 17.5 Å². The maximum absolute atomic E-state index is 12.9. The first-order chi connectivity index (χ1) is 12.4. The predicted octanol–water partition coefficient (Wildman–Crippen LogP) is 2.51. The largest absolute Gasteiger partial charge is 0.352 e. The van der Waals surface area contributed by atoms with E-state index in [2.05, 4.69) is 5.32 Å². The van der Waals surface area contributed by atoms with E-state index in [4.69, 9.17) is 0 Å². The number of nitrogens with one attached hydrogen (secondary N) is 1. The second kappa shape index (κ2) is 8.70. The first-order valence-electron chi connectivity index (χ1n) is 7.88. The highest BCUT2D eigenvalue weighted by Crippen LogP contribution is 2.12. The second-order valence-electron chi connectivity index (χ2n) is 5.69. The Morgan fingerprint density at radius 3 is 2.31 bits per heavy atom. The summed E-state index contributed by atoms with van der Waals surface area (Å²) < 4.78 is 12.9. The average Bonchev–Trinajstić information content (AvgIpc) is 2.63. The minimum absolute atomic E-state index is 0.0980. The van der Waals surface area contributed by atoms with E-state index in [1.165, 1.54) is 41.3 Å². The topological polar surface area (TPSA) is 92.6 Å². The summed E-state index contributed by atoms with van der Waals surface area (Å²) in [5.41, 5.74) is 0.985. The molecule has 2 rings (SSSR count). The third-order valence-corrected chi connectivity index (χ3v) is 3.72. The summed E-state index contributed by atoms with van der Waals surface area (Å²) in [7, 11) is 1.63. The standard InChI is InChI=1S/C18H18FN3O4/c1-21(12-13-2-6-15(19)7-3-13)17(23)10-11-20-18(24)14-4-8-16(9-5-14)22(25)26/h2-9H,10-12H2,1H3,(H,20,24). The first kappa shape index (κ1) is 19.0. The van der Waals surface area contributed by atoms with Crippen LogP contribution in [0.1, 0.15) is 22.3 Å². The van der Waals surface area contributed by atoms with Crippen molar-refractivity contribution in [2.45, 2.75) is 13.0 Å². The number of non-ortho nitro benzene ring substituents is 1. The van der Waals surface area contributed by atoms with Gasteiger partial charge in [-0.05, 0) is 29.8 Å². The maximum Gasteiger partial charge on any atom is 0.269 e. The van der Waals surface area contributed by atoms with Crippen LogP contribution in [0, 0.1) is 15.9 Å². The van der Waals surface area contributed by atoms with Gasteiger partial charge in [0.2, 0.25) is 5.91 Å². The normalized spacial score (nSPS) is 10.2. The van der Waals surface area contributed by atoms with E-state index >= 15 is 0 Å². The zero-order valence-corrected chi connectivity index (χ0v) is 14.1. The van der Waals surface area contributed by atoms with Gasteiger partial charge < -0.3 is 10.2 Å². The van der Waals surface area contributed by atoms with Crippen LogP contribution in [-0.4, -0.2) is 35.2 Å². The summed E-state index contributed by atoms with van der Waals surface area (Å²) in [4.78, 5) is 35.6. The number of hydrogen-bond acceptors (Lipinski definition) is 4. The molecule has 7 nitrogen and oxygen atoms in total. The SMILES string of the molecule is CN(Cc1ccc(F)cc1)C(=O)CCNC(=O)c1ccc([N+](=O)[O-])cc1. The van der Waals surface area contributed by atoms with Crippen molar-refractivity contribution in [1.29, 1.82) is 0 Å². The zero-order chi connectivity index (χ0) is 19.1. The lowest BCUT2D eigenvalue weighted by Crippen LogP contribution is -2.31. The van der Waals surface area contributed by atoms with Crippen LogP contribution in [0.5, 0.6) is 0 Å². The van der Waals surface area contributed by atoms with Gasteiger partial charge in [-0.25, -0.2) is 4.39 Å². The molecule has 0 saturated carbocycles. The Hall–Kier alpha value is -3.29. The number of nitro groups is 1. The highest BCUT2D eigenvalue weighted by atomic mass is 19.1. The van der Waals surface area contributed by atoms with Crippen LogP contribution in [0.15, 0.2) is 48.5 Å². The van der Waals surface area contributed by atoms with Gasteiger partial charge in [0.15, 0.2) is 0 Å². The molecule has 0 radical (unpaired) electrons. The Morgan fingerprint density at radius 1 is 1.12 bits per heavy atom. The van der Waals surface area contributed by atoms with E-state index in [1.54, 1.807) is 19.2 Å². The molecule has 1 N–H and O–H groups in total. The molecule has 2 aromatic rings. The molecule has 0 atom stereocenters. The number of rotatable bonds is 7. The van der Waals surface area contributed by atoms with E-state index < -0.39 is 10.8 Å². The Morgan fingerprint density at radius 2 is 1.73 bits per heavy atom. The quantitative estimate of drug-likeness (QED) is 0.607. The highest BCUT2D eigenvalue weighted by molar-refractivity contribution is 5.94. The fourth-order valence-corrected chi connectivity index (χ4v) is 2.26. The van der Waals surface area contributed by atoms with Gasteiger partial charge >= 0.3 is 0 Å². The summed E-state index contributed by atoms with van der Waals surface area (Å²) >= 11 is 0. The van der Waals surface area contributed by atoms with Crippen LogP contribution >= 0.6 is 0 Å². The molecule has 2 amide bonds. The van der Waals surface area contributed by atoms with Crippen LogP contribution < -0.4 is 5.32 Å². The number of nitrogens with zero attached hydrogens (tertiary/aromatic N) is 2. The van der Waals surface area contributed by atoms with Crippen molar-refractivity contribution < 1.29 is 18.9 Å². The van der Waals surface area contributed by atoms with Crippen molar-refractivity contribution in [1.82, 2.24) is 10.2 Å². The summed E-state index contributed by atoms with van der Waals surface area (Å²) in [5, 5.41) is 13.2. The Balaban J connectivity index is 1.78.